The minimum absolute atomic E-state index is 0.00369. The van der Waals surface area contributed by atoms with Crippen molar-refractivity contribution in [1.29, 1.82) is 0 Å². The molecule has 4 rings (SSSR count). The van der Waals surface area contributed by atoms with Crippen LogP contribution >= 0.6 is 0 Å². The number of benzene rings is 1. The van der Waals surface area contributed by atoms with E-state index in [2.05, 4.69) is 5.32 Å². The van der Waals surface area contributed by atoms with Crippen LogP contribution in [0.2, 0.25) is 0 Å². The second-order valence-electron chi connectivity index (χ2n) is 6.06. The molecule has 0 bridgehead atoms. The number of methoxy groups -OCH3 is 1. The number of pyridine rings is 2. The van der Waals surface area contributed by atoms with Crippen LogP contribution in [0.4, 0.5) is 5.69 Å². The molecule has 0 aliphatic carbocycles. The fourth-order valence-corrected chi connectivity index (χ4v) is 3.12. The lowest BCUT2D eigenvalue weighted by Crippen LogP contribution is -2.34. The normalized spacial score (nSPS) is 17.7. The Labute approximate surface area is 144 Å². The van der Waals surface area contributed by atoms with Gasteiger partial charge in [-0.3, -0.25) is 9.20 Å². The van der Waals surface area contributed by atoms with Crippen LogP contribution in [0.5, 0.6) is 5.75 Å². The number of nitrogens with zero attached hydrogens (tertiary/aromatic N) is 1. The highest BCUT2D eigenvalue weighted by Crippen LogP contribution is 2.25. The maximum absolute atomic E-state index is 12.5. The van der Waals surface area contributed by atoms with Crippen LogP contribution in [0.3, 0.4) is 0 Å². The Kier molecular flexibility index (Phi) is 4.29. The summed E-state index contributed by atoms with van der Waals surface area (Å²) in [5.41, 5.74) is 1.57. The van der Waals surface area contributed by atoms with Crippen molar-refractivity contribution in [2.24, 2.45) is 0 Å². The molecule has 0 amide bonds. The molecule has 3 aromatic rings. The van der Waals surface area contributed by atoms with E-state index < -0.39 is 0 Å². The zero-order valence-corrected chi connectivity index (χ0v) is 14.0. The quantitative estimate of drug-likeness (QED) is 0.739. The van der Waals surface area contributed by atoms with E-state index in [0.29, 0.717) is 26.4 Å². The summed E-state index contributed by atoms with van der Waals surface area (Å²) in [7, 11) is 1.64. The van der Waals surface area contributed by atoms with E-state index in [0.717, 1.165) is 27.7 Å². The SMILES string of the molecule is COc1ccc2c(ccn3c(=O)cc(NCC4COCCO4)cc23)c1. The molecule has 1 N–H and O–H groups in total. The van der Waals surface area contributed by atoms with Crippen LogP contribution in [0.15, 0.2) is 47.4 Å². The Morgan fingerprint density at radius 2 is 2.16 bits per heavy atom. The van der Waals surface area contributed by atoms with Crippen LogP contribution in [-0.4, -0.2) is 44.0 Å². The van der Waals surface area contributed by atoms with Crippen molar-refractivity contribution in [3.8, 4) is 5.75 Å². The number of fused-ring (bicyclic) bond motifs is 3. The van der Waals surface area contributed by atoms with Gasteiger partial charge in [0.15, 0.2) is 0 Å². The third-order valence-corrected chi connectivity index (χ3v) is 4.42. The molecule has 2 aromatic heterocycles. The monoisotopic (exact) mass is 340 g/mol. The van der Waals surface area contributed by atoms with Crippen molar-refractivity contribution in [2.45, 2.75) is 6.10 Å². The molecular weight excluding hydrogens is 320 g/mol. The summed E-state index contributed by atoms with van der Waals surface area (Å²) in [5, 5.41) is 5.32. The number of aromatic nitrogens is 1. The fourth-order valence-electron chi connectivity index (χ4n) is 3.12. The van der Waals surface area contributed by atoms with Crippen LogP contribution in [0.25, 0.3) is 16.3 Å². The summed E-state index contributed by atoms with van der Waals surface area (Å²) >= 11 is 0. The van der Waals surface area contributed by atoms with Gasteiger partial charge in [0.2, 0.25) is 0 Å². The smallest absolute Gasteiger partial charge is 0.257 e. The third kappa shape index (κ3) is 3.18. The van der Waals surface area contributed by atoms with Crippen molar-refractivity contribution in [3.63, 3.8) is 0 Å². The van der Waals surface area contributed by atoms with Crippen molar-refractivity contribution >= 4 is 22.0 Å². The first-order valence-electron chi connectivity index (χ1n) is 8.31. The molecule has 1 fully saturated rings. The first-order chi connectivity index (χ1) is 12.2. The van der Waals surface area contributed by atoms with Gasteiger partial charge < -0.3 is 19.5 Å². The fraction of sp³-hybridized carbons (Fsp3) is 0.316. The Morgan fingerprint density at radius 3 is 2.96 bits per heavy atom. The minimum Gasteiger partial charge on any atom is -0.497 e. The first kappa shape index (κ1) is 15.9. The number of anilines is 1. The van der Waals surface area contributed by atoms with Crippen molar-refractivity contribution in [1.82, 2.24) is 4.40 Å². The number of nitrogens with one attached hydrogen (secondary N) is 1. The summed E-state index contributed by atoms with van der Waals surface area (Å²) < 4.78 is 18.0. The topological polar surface area (TPSA) is 61.2 Å². The van der Waals surface area contributed by atoms with Gasteiger partial charge in [-0.25, -0.2) is 0 Å². The van der Waals surface area contributed by atoms with Crippen molar-refractivity contribution in [3.05, 3.63) is 52.9 Å². The molecule has 6 heteroatoms. The van der Waals surface area contributed by atoms with Gasteiger partial charge >= 0.3 is 0 Å². The predicted molar refractivity (Wildman–Crippen MR) is 96.8 cm³/mol. The molecule has 0 saturated carbocycles. The molecule has 6 nitrogen and oxygen atoms in total. The number of rotatable bonds is 4. The molecule has 3 heterocycles. The molecule has 130 valence electrons. The van der Waals surface area contributed by atoms with Gasteiger partial charge in [-0.2, -0.15) is 0 Å². The lowest BCUT2D eigenvalue weighted by atomic mass is 10.1. The summed E-state index contributed by atoms with van der Waals surface area (Å²) in [6.45, 7) is 2.43. The van der Waals surface area contributed by atoms with E-state index in [4.69, 9.17) is 14.2 Å². The van der Waals surface area contributed by atoms with E-state index in [1.165, 1.54) is 0 Å². The molecular formula is C19H20N2O4. The van der Waals surface area contributed by atoms with E-state index in [1.54, 1.807) is 23.8 Å². The van der Waals surface area contributed by atoms with Crippen molar-refractivity contribution < 1.29 is 14.2 Å². The number of ether oxygens (including phenoxy) is 3. The van der Waals surface area contributed by atoms with Gasteiger partial charge in [0, 0.05) is 29.9 Å². The average Bonchev–Trinajstić information content (AvgIpc) is 2.66. The molecule has 0 radical (unpaired) electrons. The second kappa shape index (κ2) is 6.74. The molecule has 0 spiro atoms. The highest BCUT2D eigenvalue weighted by atomic mass is 16.6. The maximum Gasteiger partial charge on any atom is 0.257 e. The molecule has 1 atom stereocenters. The zero-order valence-electron chi connectivity index (χ0n) is 14.0. The Hall–Kier alpha value is -2.57. The molecule has 25 heavy (non-hydrogen) atoms. The molecule has 1 saturated heterocycles. The summed E-state index contributed by atoms with van der Waals surface area (Å²) in [6, 6.07) is 11.4. The van der Waals surface area contributed by atoms with E-state index >= 15 is 0 Å². The van der Waals surface area contributed by atoms with Crippen LogP contribution in [-0.2, 0) is 9.47 Å². The van der Waals surface area contributed by atoms with E-state index in [9.17, 15) is 4.79 Å². The van der Waals surface area contributed by atoms with Gasteiger partial charge in [0.1, 0.15) is 5.75 Å². The van der Waals surface area contributed by atoms with Gasteiger partial charge in [-0.15, -0.1) is 0 Å². The maximum atomic E-state index is 12.5. The Balaban J connectivity index is 1.71. The number of hydrogen-bond acceptors (Lipinski definition) is 5. The Bertz CT molecular complexity index is 961. The van der Waals surface area contributed by atoms with E-state index in [1.807, 2.05) is 30.3 Å². The van der Waals surface area contributed by atoms with Gasteiger partial charge in [-0.05, 0) is 35.7 Å². The second-order valence-corrected chi connectivity index (χ2v) is 6.06. The number of hydrogen-bond donors (Lipinski definition) is 1. The summed E-state index contributed by atoms with van der Waals surface area (Å²) in [5.74, 6) is 0.794. The summed E-state index contributed by atoms with van der Waals surface area (Å²) in [6.07, 6.45) is 1.80. The first-order valence-corrected chi connectivity index (χ1v) is 8.31. The molecule has 1 aliphatic rings. The van der Waals surface area contributed by atoms with Crippen LogP contribution in [0.1, 0.15) is 0 Å². The van der Waals surface area contributed by atoms with Crippen molar-refractivity contribution in [2.75, 3.05) is 38.8 Å². The standard InChI is InChI=1S/C19H20N2O4/c1-23-15-2-3-17-13(8-15)4-5-21-18(17)9-14(10-19(21)22)20-11-16-12-24-6-7-25-16/h2-5,8-10,16,20H,6-7,11-12H2,1H3. The third-order valence-electron chi connectivity index (χ3n) is 4.42. The van der Waals surface area contributed by atoms with Crippen LogP contribution < -0.4 is 15.6 Å². The van der Waals surface area contributed by atoms with Crippen LogP contribution in [0, 0.1) is 0 Å². The largest absolute Gasteiger partial charge is 0.497 e. The van der Waals surface area contributed by atoms with Gasteiger partial charge in [-0.1, -0.05) is 0 Å². The average molecular weight is 340 g/mol. The van der Waals surface area contributed by atoms with Gasteiger partial charge in [0.05, 0.1) is 38.6 Å². The summed E-state index contributed by atoms with van der Waals surface area (Å²) in [4.78, 5) is 12.5. The molecule has 1 unspecified atom stereocenters. The van der Waals surface area contributed by atoms with E-state index in [-0.39, 0.29) is 11.7 Å². The minimum atomic E-state index is -0.0708. The lowest BCUT2D eigenvalue weighted by molar-refractivity contribution is -0.0818. The Morgan fingerprint density at radius 1 is 1.24 bits per heavy atom. The highest BCUT2D eigenvalue weighted by Gasteiger charge is 2.14. The molecule has 1 aromatic carbocycles. The zero-order chi connectivity index (χ0) is 17.2. The molecule has 1 aliphatic heterocycles. The predicted octanol–water partition coefficient (Wildman–Crippen LogP) is 2.29. The van der Waals surface area contributed by atoms with Gasteiger partial charge in [0.25, 0.3) is 5.56 Å². The highest BCUT2D eigenvalue weighted by molar-refractivity contribution is 5.97. The lowest BCUT2D eigenvalue weighted by Gasteiger charge is -2.23.